The topological polar surface area (TPSA) is 64.0 Å². The molecule has 0 radical (unpaired) electrons. The number of hydrogen-bond donors (Lipinski definition) is 2. The van der Waals surface area contributed by atoms with Crippen LogP contribution in [0.2, 0.25) is 5.02 Å². The molecule has 0 unspecified atom stereocenters. The molecule has 29 heavy (non-hydrogen) atoms. The lowest BCUT2D eigenvalue weighted by Crippen LogP contribution is -2.63. The Morgan fingerprint density at radius 1 is 1.21 bits per heavy atom. The van der Waals surface area contributed by atoms with Crippen LogP contribution in [-0.2, 0) is 6.54 Å². The van der Waals surface area contributed by atoms with E-state index >= 15 is 0 Å². The maximum Gasteiger partial charge on any atom is 0.253 e. The summed E-state index contributed by atoms with van der Waals surface area (Å²) in [6, 6.07) is 17.0. The van der Waals surface area contributed by atoms with Crippen molar-refractivity contribution in [1.29, 1.82) is 0 Å². The molecule has 2 N–H and O–H groups in total. The van der Waals surface area contributed by atoms with Gasteiger partial charge in [0.1, 0.15) is 5.60 Å². The first kappa shape index (κ1) is 21.8. The predicted molar refractivity (Wildman–Crippen MR) is 115 cm³/mol. The minimum Gasteiger partial charge on any atom is -0.390 e. The van der Waals surface area contributed by atoms with Crippen molar-refractivity contribution < 1.29 is 15.0 Å². The Morgan fingerprint density at radius 2 is 1.86 bits per heavy atom. The number of benzene rings is 2. The molecule has 6 heteroatoms. The summed E-state index contributed by atoms with van der Waals surface area (Å²) in [5.41, 5.74) is 0.279. The van der Waals surface area contributed by atoms with Crippen LogP contribution in [0.15, 0.2) is 54.6 Å². The van der Waals surface area contributed by atoms with Gasteiger partial charge in [0.2, 0.25) is 0 Å². The van der Waals surface area contributed by atoms with Crippen LogP contribution in [0.4, 0.5) is 0 Å². The molecule has 1 amide bonds. The zero-order valence-corrected chi connectivity index (χ0v) is 17.7. The van der Waals surface area contributed by atoms with Gasteiger partial charge in [-0.25, -0.2) is 0 Å². The van der Waals surface area contributed by atoms with Crippen LogP contribution in [0.3, 0.4) is 0 Å². The maximum absolute atomic E-state index is 12.9. The lowest BCUT2D eigenvalue weighted by molar-refractivity contribution is -0.130. The fourth-order valence-electron chi connectivity index (χ4n) is 3.76. The van der Waals surface area contributed by atoms with E-state index in [0.717, 1.165) is 5.56 Å². The van der Waals surface area contributed by atoms with Crippen molar-refractivity contribution in [3.8, 4) is 0 Å². The summed E-state index contributed by atoms with van der Waals surface area (Å²) >= 11 is 5.92. The molecular weight excluding hydrogens is 388 g/mol. The number of likely N-dealkylation sites (tertiary alicyclic amines) is 1. The molecule has 0 aliphatic carbocycles. The Balaban J connectivity index is 1.74. The van der Waals surface area contributed by atoms with E-state index in [1.807, 2.05) is 30.3 Å². The van der Waals surface area contributed by atoms with Crippen molar-refractivity contribution >= 4 is 17.5 Å². The molecule has 0 spiro atoms. The second-order valence-corrected chi connectivity index (χ2v) is 8.56. The molecular formula is C23H29ClN2O3. The largest absolute Gasteiger partial charge is 0.390 e. The molecule has 2 aromatic carbocycles. The average molecular weight is 417 g/mol. The third kappa shape index (κ3) is 5.37. The Hall–Kier alpha value is -1.92. The van der Waals surface area contributed by atoms with Gasteiger partial charge in [0.15, 0.2) is 0 Å². The summed E-state index contributed by atoms with van der Waals surface area (Å²) in [4.78, 5) is 16.6. The van der Waals surface area contributed by atoms with Gasteiger partial charge in [-0.3, -0.25) is 9.69 Å². The third-order valence-corrected chi connectivity index (χ3v) is 5.82. The Bertz CT molecular complexity index is 813. The van der Waals surface area contributed by atoms with Gasteiger partial charge in [0, 0.05) is 36.3 Å². The van der Waals surface area contributed by atoms with E-state index in [9.17, 15) is 15.0 Å². The smallest absolute Gasteiger partial charge is 0.253 e. The van der Waals surface area contributed by atoms with E-state index in [1.165, 1.54) is 0 Å². The van der Waals surface area contributed by atoms with E-state index in [-0.39, 0.29) is 25.0 Å². The first-order chi connectivity index (χ1) is 13.8. The van der Waals surface area contributed by atoms with Gasteiger partial charge >= 0.3 is 0 Å². The Labute approximate surface area is 177 Å². The van der Waals surface area contributed by atoms with Crippen molar-refractivity contribution in [1.82, 2.24) is 9.80 Å². The molecule has 5 nitrogen and oxygen atoms in total. The quantitative estimate of drug-likeness (QED) is 0.759. The highest BCUT2D eigenvalue weighted by atomic mass is 35.5. The molecule has 2 aromatic rings. The molecule has 2 atom stereocenters. The Kier molecular flexibility index (Phi) is 6.96. The van der Waals surface area contributed by atoms with Gasteiger partial charge in [0.05, 0.1) is 12.6 Å². The highest BCUT2D eigenvalue weighted by Gasteiger charge is 2.44. The lowest BCUT2D eigenvalue weighted by Gasteiger charge is -2.45. The molecule has 1 aliphatic heterocycles. The molecule has 1 heterocycles. The van der Waals surface area contributed by atoms with Gasteiger partial charge in [-0.2, -0.15) is 0 Å². The molecule has 0 saturated carbocycles. The summed E-state index contributed by atoms with van der Waals surface area (Å²) in [6.07, 6.45) is -0.540. The Morgan fingerprint density at radius 3 is 2.48 bits per heavy atom. The molecule has 0 aromatic heterocycles. The van der Waals surface area contributed by atoms with Gasteiger partial charge in [-0.1, -0.05) is 41.9 Å². The molecule has 156 valence electrons. The average Bonchev–Trinajstić information content (AvgIpc) is 2.70. The van der Waals surface area contributed by atoms with E-state index in [4.69, 9.17) is 11.6 Å². The lowest BCUT2D eigenvalue weighted by atomic mass is 9.88. The third-order valence-electron chi connectivity index (χ3n) is 5.57. The van der Waals surface area contributed by atoms with Crippen molar-refractivity contribution in [3.63, 3.8) is 0 Å². The van der Waals surface area contributed by atoms with Gasteiger partial charge in [0.25, 0.3) is 5.91 Å². The summed E-state index contributed by atoms with van der Waals surface area (Å²) in [5.74, 6) is -0.161. The number of aliphatic hydroxyl groups excluding tert-OH is 1. The van der Waals surface area contributed by atoms with Crippen molar-refractivity contribution in [3.05, 3.63) is 70.7 Å². The first-order valence-corrected chi connectivity index (χ1v) is 10.4. The second-order valence-electron chi connectivity index (χ2n) is 8.13. The summed E-state index contributed by atoms with van der Waals surface area (Å²) in [5, 5.41) is 22.5. The molecule has 1 fully saturated rings. The number of carbonyl (C=O) groups is 1. The SMILES string of the molecule is CC(C)N(Cc1ccccc1)C[C@@]1(O)CN(C(=O)c2ccc(Cl)cc2)CC[C@@H]1O. The minimum atomic E-state index is -1.39. The molecule has 3 rings (SSSR count). The number of carbonyl (C=O) groups excluding carboxylic acids is 1. The molecule has 1 aliphatic rings. The van der Waals surface area contributed by atoms with Crippen LogP contribution in [0.1, 0.15) is 36.2 Å². The number of hydrogen-bond acceptors (Lipinski definition) is 4. The van der Waals surface area contributed by atoms with Crippen LogP contribution in [0.25, 0.3) is 0 Å². The fourth-order valence-corrected chi connectivity index (χ4v) is 3.88. The number of aliphatic hydroxyl groups is 2. The number of halogens is 1. The van der Waals surface area contributed by atoms with Crippen LogP contribution < -0.4 is 0 Å². The standard InChI is InChI=1S/C23H29ClN2O3/c1-17(2)26(14-18-6-4-3-5-7-18)16-23(29)15-25(13-12-21(23)27)22(28)19-8-10-20(24)11-9-19/h3-11,17,21,27,29H,12-16H2,1-2H3/t21-,23-/m0/s1. The van der Waals surface area contributed by atoms with E-state index < -0.39 is 11.7 Å². The first-order valence-electron chi connectivity index (χ1n) is 10.0. The van der Waals surface area contributed by atoms with Crippen molar-refractivity contribution in [2.24, 2.45) is 0 Å². The molecule has 1 saturated heterocycles. The zero-order chi connectivity index (χ0) is 21.0. The van der Waals surface area contributed by atoms with Gasteiger partial charge in [-0.05, 0) is 50.1 Å². The van der Waals surface area contributed by atoms with E-state index in [1.54, 1.807) is 29.2 Å². The summed E-state index contributed by atoms with van der Waals surface area (Å²) in [7, 11) is 0. The van der Waals surface area contributed by atoms with Crippen LogP contribution in [-0.4, -0.2) is 63.3 Å². The molecule has 0 bridgehead atoms. The highest BCUT2D eigenvalue weighted by molar-refractivity contribution is 6.30. The van der Waals surface area contributed by atoms with E-state index in [0.29, 0.717) is 30.1 Å². The van der Waals surface area contributed by atoms with Crippen molar-refractivity contribution in [2.75, 3.05) is 19.6 Å². The van der Waals surface area contributed by atoms with Crippen LogP contribution in [0, 0.1) is 0 Å². The number of amides is 1. The monoisotopic (exact) mass is 416 g/mol. The minimum absolute atomic E-state index is 0.0909. The number of rotatable bonds is 6. The zero-order valence-electron chi connectivity index (χ0n) is 17.0. The number of β-amino-alcohol motifs (C(OH)–C–C–N with tert-alkyl or cyclic N) is 1. The predicted octanol–water partition coefficient (Wildman–Crippen LogP) is 3.19. The van der Waals surface area contributed by atoms with Crippen LogP contribution >= 0.6 is 11.6 Å². The highest BCUT2D eigenvalue weighted by Crippen LogP contribution is 2.26. The van der Waals surface area contributed by atoms with Crippen molar-refractivity contribution in [2.45, 2.75) is 44.6 Å². The fraction of sp³-hybridized carbons (Fsp3) is 0.435. The summed E-state index contributed by atoms with van der Waals surface area (Å²) in [6.45, 7) is 5.58. The van der Waals surface area contributed by atoms with Gasteiger partial charge < -0.3 is 15.1 Å². The van der Waals surface area contributed by atoms with Gasteiger partial charge in [-0.15, -0.1) is 0 Å². The van der Waals surface area contributed by atoms with E-state index in [2.05, 4.69) is 18.7 Å². The second kappa shape index (κ2) is 9.26. The number of nitrogens with zero attached hydrogens (tertiary/aromatic N) is 2. The maximum atomic E-state index is 12.9. The summed E-state index contributed by atoms with van der Waals surface area (Å²) < 4.78 is 0. The van der Waals surface area contributed by atoms with Crippen LogP contribution in [0.5, 0.6) is 0 Å². The normalized spacial score (nSPS) is 22.3. The number of piperidine rings is 1.